The molecule has 0 amide bonds. The number of hydrogen-bond acceptors (Lipinski definition) is 4. The fraction of sp³-hybridized carbons (Fsp3) is 0. The van der Waals surface area contributed by atoms with Gasteiger partial charge in [0.1, 0.15) is 6.33 Å². The normalized spacial score (nSPS) is 10.2. The molecule has 0 aliphatic carbocycles. The highest BCUT2D eigenvalue weighted by atomic mass is 32.1. The van der Waals surface area contributed by atoms with Gasteiger partial charge in [0.25, 0.3) is 0 Å². The zero-order chi connectivity index (χ0) is 6.10. The molecule has 0 aliphatic heterocycles. The van der Waals surface area contributed by atoms with E-state index in [0.717, 1.165) is 10.3 Å². The largest absolute Gasteiger partial charge is 0.243 e. The Morgan fingerprint density at radius 1 is 1.56 bits per heavy atom. The molecule has 0 aliphatic rings. The van der Waals surface area contributed by atoms with Crippen molar-refractivity contribution in [2.75, 3.05) is 0 Å². The van der Waals surface area contributed by atoms with E-state index in [1.807, 2.05) is 0 Å². The lowest BCUT2D eigenvalue weighted by Crippen LogP contribution is -1.75. The zero-order valence-electron chi connectivity index (χ0n) is 4.40. The summed E-state index contributed by atoms with van der Waals surface area (Å²) in [6.07, 6.45) is 3.21. The molecule has 3 nitrogen and oxygen atoms in total. The van der Waals surface area contributed by atoms with E-state index in [9.17, 15) is 0 Å². The Hall–Kier alpha value is -1.03. The third-order valence-corrected chi connectivity index (χ3v) is 1.66. The molecule has 43 valence electrons. The number of fused-ring (bicyclic) bond motifs is 1. The molecule has 0 bridgehead atoms. The maximum Gasteiger partial charge on any atom is 0.174 e. The summed E-state index contributed by atoms with van der Waals surface area (Å²) in [6.45, 7) is 0. The van der Waals surface area contributed by atoms with Gasteiger partial charge in [-0.3, -0.25) is 0 Å². The summed E-state index contributed by atoms with van der Waals surface area (Å²) in [5.74, 6) is 0. The predicted molar refractivity (Wildman–Crippen MR) is 34.0 cm³/mol. The SMILES string of the molecule is [c]1nc2ncncc2s1. The van der Waals surface area contributed by atoms with Gasteiger partial charge in [-0.2, -0.15) is 0 Å². The van der Waals surface area contributed by atoms with Crippen molar-refractivity contribution in [2.24, 2.45) is 0 Å². The molecule has 2 heterocycles. The number of aromatic nitrogens is 3. The van der Waals surface area contributed by atoms with Crippen LogP contribution in [-0.4, -0.2) is 15.0 Å². The second-order valence-corrected chi connectivity index (χ2v) is 2.34. The van der Waals surface area contributed by atoms with Gasteiger partial charge in [-0.1, -0.05) is 0 Å². The summed E-state index contributed by atoms with van der Waals surface area (Å²) in [7, 11) is 0. The molecule has 0 fully saturated rings. The van der Waals surface area contributed by atoms with Gasteiger partial charge in [0.15, 0.2) is 11.2 Å². The molecule has 2 aromatic heterocycles. The Morgan fingerprint density at radius 3 is 3.44 bits per heavy atom. The second-order valence-electron chi connectivity index (χ2n) is 1.52. The molecule has 2 aromatic rings. The Kier molecular flexibility index (Phi) is 0.927. The summed E-state index contributed by atoms with van der Waals surface area (Å²) in [4.78, 5) is 11.6. The minimum absolute atomic E-state index is 0.731. The van der Waals surface area contributed by atoms with Crippen molar-refractivity contribution < 1.29 is 0 Å². The van der Waals surface area contributed by atoms with Gasteiger partial charge in [-0.05, 0) is 0 Å². The van der Waals surface area contributed by atoms with E-state index in [4.69, 9.17) is 0 Å². The fourth-order valence-corrected chi connectivity index (χ4v) is 1.12. The first-order valence-corrected chi connectivity index (χ1v) is 3.21. The average Bonchev–Trinajstić information content (AvgIpc) is 2.33. The smallest absolute Gasteiger partial charge is 0.174 e. The minimum atomic E-state index is 0.731. The highest BCUT2D eigenvalue weighted by Gasteiger charge is 1.93. The summed E-state index contributed by atoms with van der Waals surface area (Å²) in [5, 5.41) is 0. The van der Waals surface area contributed by atoms with Crippen molar-refractivity contribution in [3.05, 3.63) is 18.0 Å². The molecular formula is C5H2N3S. The minimum Gasteiger partial charge on any atom is -0.243 e. The van der Waals surface area contributed by atoms with Crippen LogP contribution in [0.15, 0.2) is 12.5 Å². The third-order valence-electron chi connectivity index (χ3n) is 0.966. The third kappa shape index (κ3) is 0.675. The maximum absolute atomic E-state index is 3.90. The summed E-state index contributed by atoms with van der Waals surface area (Å²) in [5.41, 5.74) is 3.46. The standard InChI is InChI=1S/C5H2N3S/c1-4-5(7-2-6-1)8-3-9-4/h1-2H. The van der Waals surface area contributed by atoms with Crippen LogP contribution in [0.1, 0.15) is 0 Å². The number of rotatable bonds is 0. The first-order chi connectivity index (χ1) is 4.47. The van der Waals surface area contributed by atoms with Crippen molar-refractivity contribution in [1.82, 2.24) is 15.0 Å². The van der Waals surface area contributed by atoms with E-state index in [0.29, 0.717) is 0 Å². The van der Waals surface area contributed by atoms with E-state index in [1.54, 1.807) is 6.20 Å². The van der Waals surface area contributed by atoms with E-state index in [2.05, 4.69) is 20.5 Å². The van der Waals surface area contributed by atoms with Crippen molar-refractivity contribution in [1.29, 1.82) is 0 Å². The van der Waals surface area contributed by atoms with E-state index in [-0.39, 0.29) is 0 Å². The van der Waals surface area contributed by atoms with Gasteiger partial charge < -0.3 is 0 Å². The predicted octanol–water partition coefficient (Wildman–Crippen LogP) is 0.886. The van der Waals surface area contributed by atoms with Crippen LogP contribution in [0, 0.1) is 5.51 Å². The first-order valence-electron chi connectivity index (χ1n) is 2.39. The van der Waals surface area contributed by atoms with E-state index < -0.39 is 0 Å². The topological polar surface area (TPSA) is 38.7 Å². The van der Waals surface area contributed by atoms with Crippen LogP contribution < -0.4 is 0 Å². The van der Waals surface area contributed by atoms with Gasteiger partial charge in [0.05, 0.1) is 4.70 Å². The maximum atomic E-state index is 3.90. The molecular weight excluding hydrogens is 134 g/mol. The van der Waals surface area contributed by atoms with Crippen LogP contribution in [0.4, 0.5) is 0 Å². The molecule has 0 aromatic carbocycles. The van der Waals surface area contributed by atoms with Gasteiger partial charge in [0, 0.05) is 6.20 Å². The fourth-order valence-electron chi connectivity index (χ4n) is 0.582. The van der Waals surface area contributed by atoms with E-state index in [1.165, 1.54) is 17.7 Å². The van der Waals surface area contributed by atoms with Gasteiger partial charge in [0.2, 0.25) is 0 Å². The van der Waals surface area contributed by atoms with Crippen LogP contribution in [-0.2, 0) is 0 Å². The molecule has 9 heavy (non-hydrogen) atoms. The lowest BCUT2D eigenvalue weighted by molar-refractivity contribution is 1.20. The molecule has 0 saturated carbocycles. The zero-order valence-corrected chi connectivity index (χ0v) is 5.22. The lowest BCUT2D eigenvalue weighted by Gasteiger charge is -1.79. The van der Waals surface area contributed by atoms with Gasteiger partial charge >= 0.3 is 0 Å². The molecule has 1 radical (unpaired) electrons. The van der Waals surface area contributed by atoms with Gasteiger partial charge in [-0.25, -0.2) is 15.0 Å². The van der Waals surface area contributed by atoms with Crippen molar-refractivity contribution in [3.63, 3.8) is 0 Å². The van der Waals surface area contributed by atoms with Crippen LogP contribution in [0.25, 0.3) is 10.3 Å². The van der Waals surface area contributed by atoms with Crippen LogP contribution >= 0.6 is 11.3 Å². The molecule has 0 saturated heterocycles. The highest BCUT2D eigenvalue weighted by Crippen LogP contribution is 2.10. The van der Waals surface area contributed by atoms with Crippen LogP contribution in [0.3, 0.4) is 0 Å². The molecule has 0 unspecified atom stereocenters. The first kappa shape index (κ1) is 4.81. The van der Waals surface area contributed by atoms with Gasteiger partial charge in [-0.15, -0.1) is 11.3 Å². The highest BCUT2D eigenvalue weighted by molar-refractivity contribution is 7.16. The Bertz CT molecular complexity index is 286. The van der Waals surface area contributed by atoms with Crippen molar-refractivity contribution in [3.8, 4) is 0 Å². The number of thiazole rings is 1. The van der Waals surface area contributed by atoms with Crippen molar-refractivity contribution >= 4 is 21.7 Å². The molecule has 2 rings (SSSR count). The molecule has 4 heteroatoms. The second kappa shape index (κ2) is 1.73. The Balaban J connectivity index is 2.95. The molecule has 0 spiro atoms. The molecule has 0 atom stereocenters. The Morgan fingerprint density at radius 2 is 2.56 bits per heavy atom. The summed E-state index contributed by atoms with van der Waals surface area (Å²) >= 11 is 1.43. The Labute approximate surface area is 55.4 Å². The lowest BCUT2D eigenvalue weighted by atomic mass is 10.6. The van der Waals surface area contributed by atoms with Crippen LogP contribution in [0.5, 0.6) is 0 Å². The number of hydrogen-bond donors (Lipinski definition) is 0. The quantitative estimate of drug-likeness (QED) is 0.539. The average molecular weight is 136 g/mol. The monoisotopic (exact) mass is 136 g/mol. The van der Waals surface area contributed by atoms with Crippen molar-refractivity contribution in [2.45, 2.75) is 0 Å². The summed E-state index contributed by atoms with van der Waals surface area (Å²) in [6, 6.07) is 0. The number of nitrogens with zero attached hydrogens (tertiary/aromatic N) is 3. The van der Waals surface area contributed by atoms with E-state index >= 15 is 0 Å². The molecule has 0 N–H and O–H groups in total. The van der Waals surface area contributed by atoms with Crippen LogP contribution in [0.2, 0.25) is 0 Å². The summed E-state index contributed by atoms with van der Waals surface area (Å²) < 4.78 is 0.984.